The van der Waals surface area contributed by atoms with Crippen LogP contribution in [0.25, 0.3) is 22.3 Å². The molecule has 4 aromatic rings. The summed E-state index contributed by atoms with van der Waals surface area (Å²) < 4.78 is 19.1. The number of amides is 1. The zero-order chi connectivity index (χ0) is 38.4. The molecule has 1 aromatic carbocycles. The Kier molecular flexibility index (Phi) is 11.6. The van der Waals surface area contributed by atoms with Gasteiger partial charge in [0.2, 0.25) is 5.91 Å². The molecule has 0 fully saturated rings. The van der Waals surface area contributed by atoms with Crippen LogP contribution in [0.15, 0.2) is 47.4 Å². The van der Waals surface area contributed by atoms with Crippen molar-refractivity contribution in [2.45, 2.75) is 76.8 Å². The standard InChI is InChI=1S/C37H41N7O10/c1-3-37(26-16-29-34-23(14-22-8-4-5-9-27(22)40-34)17-44(29)35(49)25(26)11-12-30(37)45)54-33(48)20-52-19-32(47)53-21-43-18-24(41-42-43)15-31(46)39-13-7-6-10-28(38-2)36(50)51/h4-5,8-9,14,16,18,28,38H,3,6-7,10-13,15,17,19-21H2,1-2H3,(H,39,46)(H,50,51)/t28-,37+/m1/s1. The van der Waals surface area contributed by atoms with E-state index in [1.807, 2.05) is 30.3 Å². The molecule has 0 saturated heterocycles. The first-order valence-corrected chi connectivity index (χ1v) is 17.7. The van der Waals surface area contributed by atoms with E-state index in [-0.39, 0.29) is 49.7 Å². The fourth-order valence-electron chi connectivity index (χ4n) is 6.90. The Morgan fingerprint density at radius 1 is 1.06 bits per heavy atom. The molecule has 0 spiro atoms. The Balaban J connectivity index is 0.989. The number of nitrogens with zero attached hydrogens (tertiary/aromatic N) is 5. The van der Waals surface area contributed by atoms with Crippen LogP contribution < -0.4 is 16.2 Å². The van der Waals surface area contributed by atoms with Crippen molar-refractivity contribution < 1.29 is 43.3 Å². The lowest BCUT2D eigenvalue weighted by Crippen LogP contribution is -2.47. The second-order valence-corrected chi connectivity index (χ2v) is 13.2. The van der Waals surface area contributed by atoms with Gasteiger partial charge in [-0.25, -0.2) is 19.3 Å². The Hall–Kier alpha value is -5.81. The number of hydrogen-bond donors (Lipinski definition) is 3. The molecule has 2 aliphatic rings. The Morgan fingerprint density at radius 2 is 1.85 bits per heavy atom. The highest BCUT2D eigenvalue weighted by atomic mass is 16.6. The lowest BCUT2D eigenvalue weighted by molar-refractivity contribution is -0.176. The van der Waals surface area contributed by atoms with Crippen LogP contribution in [0.5, 0.6) is 0 Å². The molecule has 284 valence electrons. The van der Waals surface area contributed by atoms with Crippen LogP contribution in [-0.4, -0.2) is 92.1 Å². The van der Waals surface area contributed by atoms with E-state index in [1.54, 1.807) is 24.6 Å². The third kappa shape index (κ3) is 8.06. The summed E-state index contributed by atoms with van der Waals surface area (Å²) in [4.78, 5) is 80.8. The first-order valence-electron chi connectivity index (χ1n) is 17.7. The molecule has 1 amide bonds. The van der Waals surface area contributed by atoms with Gasteiger partial charge in [-0.05, 0) is 57.4 Å². The molecule has 3 aromatic heterocycles. The van der Waals surface area contributed by atoms with Crippen molar-refractivity contribution in [2.24, 2.45) is 0 Å². The molecule has 0 bridgehead atoms. The molecular formula is C37H41N7O10. The number of aromatic nitrogens is 5. The van der Waals surface area contributed by atoms with Gasteiger partial charge in [0.1, 0.15) is 19.3 Å². The third-order valence-electron chi connectivity index (χ3n) is 9.66. The van der Waals surface area contributed by atoms with Gasteiger partial charge in [0.15, 0.2) is 18.1 Å². The van der Waals surface area contributed by atoms with Gasteiger partial charge in [-0.15, -0.1) is 5.10 Å². The monoisotopic (exact) mass is 743 g/mol. The molecule has 0 unspecified atom stereocenters. The zero-order valence-electron chi connectivity index (χ0n) is 30.0. The van der Waals surface area contributed by atoms with Gasteiger partial charge in [-0.2, -0.15) is 0 Å². The number of para-hydroxylation sites is 1. The number of ether oxygens (including phenoxy) is 3. The number of carbonyl (C=O) groups is 5. The van der Waals surface area contributed by atoms with E-state index in [1.165, 1.54) is 10.9 Å². The average Bonchev–Trinajstić information content (AvgIpc) is 3.76. The summed E-state index contributed by atoms with van der Waals surface area (Å²) in [6.07, 6.45) is 3.38. The lowest BCUT2D eigenvalue weighted by Gasteiger charge is -2.36. The van der Waals surface area contributed by atoms with E-state index in [9.17, 15) is 28.8 Å². The maximum atomic E-state index is 13.8. The maximum Gasteiger partial charge on any atom is 0.333 e. The number of unbranched alkanes of at least 4 members (excludes halogenated alkanes) is 1. The average molecular weight is 744 g/mol. The van der Waals surface area contributed by atoms with Gasteiger partial charge in [-0.3, -0.25) is 19.2 Å². The number of carboxylic acid groups (broad SMARTS) is 1. The van der Waals surface area contributed by atoms with Gasteiger partial charge >= 0.3 is 17.9 Å². The largest absolute Gasteiger partial charge is 0.480 e. The summed E-state index contributed by atoms with van der Waals surface area (Å²) >= 11 is 0. The van der Waals surface area contributed by atoms with Gasteiger partial charge in [-0.1, -0.05) is 30.3 Å². The van der Waals surface area contributed by atoms with Crippen LogP contribution in [-0.2, 0) is 69.9 Å². The summed E-state index contributed by atoms with van der Waals surface area (Å²) in [5.41, 5.74) is 1.98. The molecule has 6 rings (SSSR count). The minimum Gasteiger partial charge on any atom is -0.480 e. The maximum absolute atomic E-state index is 13.8. The number of benzene rings is 1. The van der Waals surface area contributed by atoms with Gasteiger partial charge in [0.25, 0.3) is 5.56 Å². The molecule has 3 N–H and O–H groups in total. The number of aliphatic carboxylic acids is 1. The van der Waals surface area contributed by atoms with Crippen molar-refractivity contribution in [3.63, 3.8) is 0 Å². The Labute approximate surface area is 309 Å². The van der Waals surface area contributed by atoms with Gasteiger partial charge < -0.3 is 34.5 Å². The van der Waals surface area contributed by atoms with E-state index in [4.69, 9.17) is 24.3 Å². The number of nitrogens with one attached hydrogen (secondary N) is 2. The van der Waals surface area contributed by atoms with E-state index >= 15 is 0 Å². The van der Waals surface area contributed by atoms with Crippen molar-refractivity contribution in [1.82, 2.24) is 35.2 Å². The van der Waals surface area contributed by atoms with Crippen molar-refractivity contribution in [3.05, 3.63) is 75.3 Å². The fraction of sp³-hybridized carbons (Fsp3) is 0.432. The van der Waals surface area contributed by atoms with Crippen molar-refractivity contribution in [2.75, 3.05) is 26.8 Å². The van der Waals surface area contributed by atoms with Crippen LogP contribution in [0.3, 0.4) is 0 Å². The number of pyridine rings is 2. The minimum absolute atomic E-state index is 0.0212. The summed E-state index contributed by atoms with van der Waals surface area (Å²) in [5, 5.41) is 23.2. The summed E-state index contributed by atoms with van der Waals surface area (Å²) in [6, 6.07) is 10.8. The molecule has 17 heteroatoms. The number of Topliss-reactive ketones (excluding diaryl/α,β-unsaturated/α-hetero) is 1. The molecule has 4 heterocycles. The number of hydrogen-bond acceptors (Lipinski definition) is 13. The second-order valence-electron chi connectivity index (χ2n) is 13.2. The van der Waals surface area contributed by atoms with Crippen LogP contribution in [0, 0.1) is 0 Å². The number of ketones is 1. The summed E-state index contributed by atoms with van der Waals surface area (Å²) in [7, 11) is 1.58. The van der Waals surface area contributed by atoms with E-state index < -0.39 is 42.8 Å². The molecular weight excluding hydrogens is 702 g/mol. The number of fused-ring (bicyclic) bond motifs is 5. The normalized spacial score (nSPS) is 16.3. The predicted octanol–water partition coefficient (Wildman–Crippen LogP) is 1.40. The van der Waals surface area contributed by atoms with Gasteiger partial charge in [0, 0.05) is 35.0 Å². The van der Waals surface area contributed by atoms with Crippen molar-refractivity contribution in [1.29, 1.82) is 0 Å². The number of carbonyl (C=O) groups excluding carboxylic acids is 4. The van der Waals surface area contributed by atoms with Crippen LogP contribution in [0.1, 0.15) is 61.4 Å². The molecule has 0 saturated carbocycles. The topological polar surface area (TPSA) is 223 Å². The third-order valence-corrected chi connectivity index (χ3v) is 9.66. The van der Waals surface area contributed by atoms with Crippen LogP contribution in [0.2, 0.25) is 0 Å². The second kappa shape index (κ2) is 16.5. The molecule has 2 atom stereocenters. The number of rotatable bonds is 17. The van der Waals surface area contributed by atoms with Crippen LogP contribution in [0.4, 0.5) is 0 Å². The highest BCUT2D eigenvalue weighted by molar-refractivity contribution is 5.94. The molecule has 54 heavy (non-hydrogen) atoms. The minimum atomic E-state index is -1.71. The van der Waals surface area contributed by atoms with Gasteiger partial charge in [0.05, 0.1) is 41.8 Å². The Morgan fingerprint density at radius 3 is 2.63 bits per heavy atom. The summed E-state index contributed by atoms with van der Waals surface area (Å²) in [5.74, 6) is -3.25. The molecule has 0 radical (unpaired) electrons. The van der Waals surface area contributed by atoms with E-state index in [2.05, 4.69) is 20.9 Å². The number of esters is 2. The highest BCUT2D eigenvalue weighted by Crippen LogP contribution is 2.41. The summed E-state index contributed by atoms with van der Waals surface area (Å²) in [6.45, 7) is 0.850. The van der Waals surface area contributed by atoms with Crippen molar-refractivity contribution >= 4 is 40.5 Å². The van der Waals surface area contributed by atoms with Crippen molar-refractivity contribution in [3.8, 4) is 11.4 Å². The smallest absolute Gasteiger partial charge is 0.333 e. The lowest BCUT2D eigenvalue weighted by atomic mass is 9.76. The number of likely N-dealkylation sites (N-methyl/N-ethyl adjacent to an activating group) is 1. The molecule has 1 aliphatic carbocycles. The number of carboxylic acids is 1. The quantitative estimate of drug-likeness (QED) is 0.0905. The zero-order valence-corrected chi connectivity index (χ0v) is 30.0. The SMILES string of the molecule is CC[C@@]1(OC(=O)COCC(=O)OCn2cc(CC(=O)NCCCC[C@@H](NC)C(=O)O)nn2)C(=O)CCc2c1cc1n(c2=O)Cc2cc3ccccc3nc2-1. The molecule has 1 aliphatic heterocycles. The van der Waals surface area contributed by atoms with E-state index in [0.717, 1.165) is 16.5 Å². The molecule has 17 nitrogen and oxygen atoms in total. The van der Waals surface area contributed by atoms with Crippen LogP contribution >= 0.6 is 0 Å². The Bertz CT molecular complexity index is 2160. The first-order chi connectivity index (χ1) is 26.0. The van der Waals surface area contributed by atoms with E-state index in [0.29, 0.717) is 60.6 Å². The first kappa shape index (κ1) is 37.9. The predicted molar refractivity (Wildman–Crippen MR) is 190 cm³/mol. The highest BCUT2D eigenvalue weighted by Gasteiger charge is 2.48. The fourth-order valence-corrected chi connectivity index (χ4v) is 6.90.